The predicted octanol–water partition coefficient (Wildman–Crippen LogP) is 3.70. The lowest BCUT2D eigenvalue weighted by atomic mass is 10.0. The minimum absolute atomic E-state index is 0.173. The van der Waals surface area contributed by atoms with Gasteiger partial charge in [0.15, 0.2) is 11.6 Å². The van der Waals surface area contributed by atoms with Gasteiger partial charge >= 0.3 is 6.16 Å². The lowest BCUT2D eigenvalue weighted by molar-refractivity contribution is 0.142. The fourth-order valence-corrected chi connectivity index (χ4v) is 1.70. The molecule has 0 aliphatic carbocycles. The van der Waals surface area contributed by atoms with Crippen molar-refractivity contribution in [3.05, 3.63) is 48.0 Å². The van der Waals surface area contributed by atoms with Crippen LogP contribution < -0.4 is 9.47 Å². The van der Waals surface area contributed by atoms with Crippen molar-refractivity contribution in [2.45, 2.75) is 0 Å². The molecule has 4 nitrogen and oxygen atoms in total. The molecular weight excluding hydrogens is 270 g/mol. The Labute approximate surface area is 113 Å². The van der Waals surface area contributed by atoms with Gasteiger partial charge in [0, 0.05) is 11.6 Å². The molecule has 0 aliphatic rings. The summed E-state index contributed by atoms with van der Waals surface area (Å²) in [6.45, 7) is 0. The first-order valence-electron chi connectivity index (χ1n) is 5.55. The summed E-state index contributed by atoms with van der Waals surface area (Å²) >= 11 is 0. The summed E-state index contributed by atoms with van der Waals surface area (Å²) < 4.78 is 36.6. The van der Waals surface area contributed by atoms with Gasteiger partial charge in [0.05, 0.1) is 7.11 Å². The monoisotopic (exact) mass is 280 g/mol. The number of methoxy groups -OCH3 is 1. The molecule has 2 aromatic carbocycles. The van der Waals surface area contributed by atoms with Crippen LogP contribution in [0.25, 0.3) is 11.1 Å². The molecule has 0 aliphatic heterocycles. The summed E-state index contributed by atoms with van der Waals surface area (Å²) in [7, 11) is 1.41. The molecule has 104 valence electrons. The van der Waals surface area contributed by atoms with Crippen LogP contribution in [0.15, 0.2) is 36.4 Å². The van der Waals surface area contributed by atoms with E-state index in [0.29, 0.717) is 5.75 Å². The van der Waals surface area contributed by atoms with E-state index < -0.39 is 23.5 Å². The van der Waals surface area contributed by atoms with Crippen molar-refractivity contribution >= 4 is 6.16 Å². The van der Waals surface area contributed by atoms with E-state index in [2.05, 4.69) is 4.74 Å². The normalized spacial score (nSPS) is 10.2. The largest absolute Gasteiger partial charge is 0.511 e. The molecule has 6 heteroatoms. The standard InChI is InChI=1S/C14H10F2O4/c1-19-9-3-4-10(11(15)7-9)8-2-5-13(12(16)6-8)20-14(17)18/h2-7H,1H3,(H,17,18). The van der Waals surface area contributed by atoms with E-state index in [4.69, 9.17) is 9.84 Å². The van der Waals surface area contributed by atoms with Crippen LogP contribution in [0.3, 0.4) is 0 Å². The van der Waals surface area contributed by atoms with Crippen molar-refractivity contribution in [3.63, 3.8) is 0 Å². The molecule has 0 bridgehead atoms. The zero-order valence-corrected chi connectivity index (χ0v) is 10.4. The van der Waals surface area contributed by atoms with Crippen LogP contribution in [0, 0.1) is 11.6 Å². The first kappa shape index (κ1) is 13.8. The van der Waals surface area contributed by atoms with Gasteiger partial charge in [-0.2, -0.15) is 0 Å². The molecule has 0 amide bonds. The Morgan fingerprint density at radius 1 is 1.10 bits per heavy atom. The van der Waals surface area contributed by atoms with Crippen LogP contribution in [0.4, 0.5) is 13.6 Å². The summed E-state index contributed by atoms with van der Waals surface area (Å²) in [4.78, 5) is 10.3. The number of rotatable bonds is 3. The van der Waals surface area contributed by atoms with Gasteiger partial charge in [-0.25, -0.2) is 13.6 Å². The molecule has 0 atom stereocenters. The molecule has 0 radical (unpaired) electrons. The van der Waals surface area contributed by atoms with Gasteiger partial charge in [-0.1, -0.05) is 6.07 Å². The first-order chi connectivity index (χ1) is 9.51. The van der Waals surface area contributed by atoms with Gasteiger partial charge in [-0.3, -0.25) is 0 Å². The van der Waals surface area contributed by atoms with Crippen molar-refractivity contribution in [3.8, 4) is 22.6 Å². The predicted molar refractivity (Wildman–Crippen MR) is 67.0 cm³/mol. The topological polar surface area (TPSA) is 55.8 Å². The van der Waals surface area contributed by atoms with Crippen molar-refractivity contribution in [1.29, 1.82) is 0 Å². The quantitative estimate of drug-likeness (QED) is 0.688. The molecule has 20 heavy (non-hydrogen) atoms. The highest BCUT2D eigenvalue weighted by Crippen LogP contribution is 2.29. The number of halogens is 2. The lowest BCUT2D eigenvalue weighted by Gasteiger charge is -2.07. The smallest absolute Gasteiger partial charge is 0.497 e. The maximum absolute atomic E-state index is 13.8. The van der Waals surface area contributed by atoms with Gasteiger partial charge < -0.3 is 14.6 Å². The Balaban J connectivity index is 2.39. The Morgan fingerprint density at radius 2 is 1.85 bits per heavy atom. The van der Waals surface area contributed by atoms with Crippen LogP contribution in [0.5, 0.6) is 11.5 Å². The second kappa shape index (κ2) is 5.56. The highest BCUT2D eigenvalue weighted by molar-refractivity contribution is 5.67. The van der Waals surface area contributed by atoms with Gasteiger partial charge in [0.25, 0.3) is 0 Å². The van der Waals surface area contributed by atoms with Crippen LogP contribution in [-0.2, 0) is 0 Å². The van der Waals surface area contributed by atoms with E-state index in [-0.39, 0.29) is 11.1 Å². The number of ether oxygens (including phenoxy) is 2. The second-order valence-corrected chi connectivity index (χ2v) is 3.86. The molecular formula is C14H10F2O4. The highest BCUT2D eigenvalue weighted by atomic mass is 19.1. The highest BCUT2D eigenvalue weighted by Gasteiger charge is 2.12. The zero-order valence-electron chi connectivity index (χ0n) is 10.4. The Morgan fingerprint density at radius 3 is 2.40 bits per heavy atom. The lowest BCUT2D eigenvalue weighted by Crippen LogP contribution is -2.04. The fraction of sp³-hybridized carbons (Fsp3) is 0.0714. The minimum atomic E-state index is -1.62. The van der Waals surface area contributed by atoms with E-state index in [1.54, 1.807) is 0 Å². The molecule has 0 unspecified atom stereocenters. The third kappa shape index (κ3) is 2.85. The van der Waals surface area contributed by atoms with Crippen molar-refractivity contribution in [1.82, 2.24) is 0 Å². The molecule has 0 aromatic heterocycles. The summed E-state index contributed by atoms with van der Waals surface area (Å²) in [6, 6.07) is 7.66. The van der Waals surface area contributed by atoms with Crippen LogP contribution in [0.2, 0.25) is 0 Å². The number of hydrogen-bond donors (Lipinski definition) is 1. The van der Waals surface area contributed by atoms with Crippen LogP contribution in [-0.4, -0.2) is 18.4 Å². The molecule has 1 N–H and O–H groups in total. The third-order valence-corrected chi connectivity index (χ3v) is 2.62. The Hall–Kier alpha value is -2.63. The number of carbonyl (C=O) groups is 1. The molecule has 0 saturated heterocycles. The number of carboxylic acid groups (broad SMARTS) is 1. The molecule has 2 rings (SSSR count). The van der Waals surface area contributed by atoms with E-state index in [9.17, 15) is 13.6 Å². The molecule has 0 heterocycles. The fourth-order valence-electron chi connectivity index (χ4n) is 1.70. The summed E-state index contributed by atoms with van der Waals surface area (Å²) in [5.74, 6) is -1.55. The first-order valence-corrected chi connectivity index (χ1v) is 5.55. The SMILES string of the molecule is COc1ccc(-c2ccc(OC(=O)O)c(F)c2)c(F)c1. The van der Waals surface area contributed by atoms with Crippen molar-refractivity contribution in [2.24, 2.45) is 0 Å². The van der Waals surface area contributed by atoms with Gasteiger partial charge in [0.2, 0.25) is 0 Å². The third-order valence-electron chi connectivity index (χ3n) is 2.62. The second-order valence-electron chi connectivity index (χ2n) is 3.86. The van der Waals surface area contributed by atoms with E-state index in [1.165, 1.54) is 31.4 Å². The zero-order chi connectivity index (χ0) is 14.7. The van der Waals surface area contributed by atoms with Gasteiger partial charge in [0.1, 0.15) is 11.6 Å². The van der Waals surface area contributed by atoms with Crippen LogP contribution in [0.1, 0.15) is 0 Å². The summed E-state index contributed by atoms with van der Waals surface area (Å²) in [5.41, 5.74) is 0.437. The molecule has 0 saturated carbocycles. The average Bonchev–Trinajstić information content (AvgIpc) is 2.40. The van der Waals surface area contributed by atoms with Crippen molar-refractivity contribution < 1.29 is 28.2 Å². The van der Waals surface area contributed by atoms with E-state index in [0.717, 1.165) is 12.1 Å². The Kier molecular flexibility index (Phi) is 3.84. The van der Waals surface area contributed by atoms with Crippen molar-refractivity contribution in [2.75, 3.05) is 7.11 Å². The maximum atomic E-state index is 13.8. The van der Waals surface area contributed by atoms with E-state index >= 15 is 0 Å². The Bertz CT molecular complexity index is 656. The van der Waals surface area contributed by atoms with Gasteiger partial charge in [-0.15, -0.1) is 0 Å². The molecule has 2 aromatic rings. The number of benzene rings is 2. The van der Waals surface area contributed by atoms with E-state index in [1.807, 2.05) is 0 Å². The molecule has 0 fully saturated rings. The van der Waals surface area contributed by atoms with Gasteiger partial charge in [-0.05, 0) is 29.8 Å². The summed E-state index contributed by atoms with van der Waals surface area (Å²) in [5, 5.41) is 8.42. The number of hydrogen-bond acceptors (Lipinski definition) is 3. The summed E-state index contributed by atoms with van der Waals surface area (Å²) in [6.07, 6.45) is -1.62. The minimum Gasteiger partial charge on any atom is -0.497 e. The average molecular weight is 280 g/mol. The maximum Gasteiger partial charge on any atom is 0.511 e. The molecule has 0 spiro atoms. The van der Waals surface area contributed by atoms with Crippen LogP contribution >= 0.6 is 0 Å².